The second kappa shape index (κ2) is 8.59. The van der Waals surface area contributed by atoms with Crippen LogP contribution in [0.15, 0.2) is 30.6 Å². The topological polar surface area (TPSA) is 88.3 Å². The first-order valence-electron chi connectivity index (χ1n) is 8.39. The van der Waals surface area contributed by atoms with Crippen molar-refractivity contribution >= 4 is 23.0 Å². The lowest BCUT2D eigenvalue weighted by molar-refractivity contribution is 0.0378. The number of hydrogen-bond donors (Lipinski definition) is 3. The third kappa shape index (κ3) is 5.01. The molecule has 0 atom stereocenters. The average molecular weight is 346 g/mol. The van der Waals surface area contributed by atoms with Crippen molar-refractivity contribution in [2.45, 2.75) is 6.42 Å². The molecule has 3 rings (SSSR count). The van der Waals surface area contributed by atoms with Crippen molar-refractivity contribution in [2.24, 2.45) is 0 Å². The first-order chi connectivity index (χ1) is 12.2. The van der Waals surface area contributed by atoms with Crippen molar-refractivity contribution < 1.29 is 9.13 Å². The lowest BCUT2D eigenvalue weighted by Gasteiger charge is -2.26. The zero-order valence-corrected chi connectivity index (χ0v) is 14.0. The highest BCUT2D eigenvalue weighted by Gasteiger charge is 2.11. The lowest BCUT2D eigenvalue weighted by Crippen LogP contribution is -2.37. The molecule has 0 bridgehead atoms. The van der Waals surface area contributed by atoms with E-state index in [0.29, 0.717) is 23.0 Å². The fourth-order valence-electron chi connectivity index (χ4n) is 2.64. The first-order valence-corrected chi connectivity index (χ1v) is 8.39. The molecular weight excluding hydrogens is 323 g/mol. The van der Waals surface area contributed by atoms with E-state index in [9.17, 15) is 4.39 Å². The third-order valence-corrected chi connectivity index (χ3v) is 4.04. The van der Waals surface area contributed by atoms with Crippen LogP contribution in [-0.2, 0) is 4.74 Å². The Labute approximate surface area is 146 Å². The van der Waals surface area contributed by atoms with Gasteiger partial charge in [-0.15, -0.1) is 0 Å². The minimum Gasteiger partial charge on any atom is -0.393 e. The molecule has 1 aliphatic heterocycles. The highest BCUT2D eigenvalue weighted by Crippen LogP contribution is 2.25. The molecule has 134 valence electrons. The van der Waals surface area contributed by atoms with Gasteiger partial charge in [0.15, 0.2) is 11.6 Å². The minimum absolute atomic E-state index is 0.288. The SMILES string of the molecule is Nc1c(NCCCN2CCOCC2)ncnc1Nc1ccc(F)cc1. The molecule has 25 heavy (non-hydrogen) atoms. The van der Waals surface area contributed by atoms with E-state index in [1.807, 2.05) is 0 Å². The Morgan fingerprint density at radius 1 is 1.12 bits per heavy atom. The summed E-state index contributed by atoms with van der Waals surface area (Å²) in [6.45, 7) is 5.38. The van der Waals surface area contributed by atoms with Gasteiger partial charge in [0, 0.05) is 25.3 Å². The van der Waals surface area contributed by atoms with E-state index in [1.54, 1.807) is 12.1 Å². The van der Waals surface area contributed by atoms with Crippen molar-refractivity contribution in [2.75, 3.05) is 55.8 Å². The Bertz CT molecular complexity index is 675. The summed E-state index contributed by atoms with van der Waals surface area (Å²) in [7, 11) is 0. The summed E-state index contributed by atoms with van der Waals surface area (Å²) in [5, 5.41) is 6.33. The Morgan fingerprint density at radius 2 is 1.84 bits per heavy atom. The van der Waals surface area contributed by atoms with Gasteiger partial charge in [0.1, 0.15) is 17.8 Å². The van der Waals surface area contributed by atoms with Crippen LogP contribution >= 0.6 is 0 Å². The number of nitrogens with zero attached hydrogens (tertiary/aromatic N) is 3. The standard InChI is InChI=1S/C17H23FN6O/c18-13-2-4-14(5-3-13)23-17-15(19)16(21-12-22-17)20-6-1-7-24-8-10-25-11-9-24/h2-5,12H,1,6-11,19H2,(H2,20,21,22,23). The predicted octanol–water partition coefficient (Wildman–Crippen LogP) is 2.08. The van der Waals surface area contributed by atoms with Gasteiger partial charge in [-0.1, -0.05) is 0 Å². The molecule has 1 aromatic carbocycles. The van der Waals surface area contributed by atoms with Gasteiger partial charge in [-0.2, -0.15) is 0 Å². The zero-order valence-electron chi connectivity index (χ0n) is 14.0. The number of nitrogens with two attached hydrogens (primary N) is 1. The number of halogens is 1. The van der Waals surface area contributed by atoms with Crippen LogP contribution < -0.4 is 16.4 Å². The maximum Gasteiger partial charge on any atom is 0.159 e. The number of rotatable bonds is 7. The molecule has 0 spiro atoms. The maximum absolute atomic E-state index is 13.0. The van der Waals surface area contributed by atoms with E-state index >= 15 is 0 Å². The van der Waals surface area contributed by atoms with Gasteiger partial charge in [-0.3, -0.25) is 4.90 Å². The molecule has 4 N–H and O–H groups in total. The van der Waals surface area contributed by atoms with E-state index in [4.69, 9.17) is 10.5 Å². The molecular formula is C17H23FN6O. The predicted molar refractivity (Wildman–Crippen MR) is 96.5 cm³/mol. The third-order valence-electron chi connectivity index (χ3n) is 4.04. The van der Waals surface area contributed by atoms with E-state index in [0.717, 1.165) is 45.8 Å². The van der Waals surface area contributed by atoms with Crippen molar-refractivity contribution in [1.29, 1.82) is 0 Å². The highest BCUT2D eigenvalue weighted by atomic mass is 19.1. The first kappa shape index (κ1) is 17.4. The van der Waals surface area contributed by atoms with Gasteiger partial charge in [-0.05, 0) is 37.2 Å². The normalized spacial score (nSPS) is 15.1. The van der Waals surface area contributed by atoms with Gasteiger partial charge in [0.05, 0.1) is 13.2 Å². The molecule has 1 aliphatic rings. The van der Waals surface area contributed by atoms with Gasteiger partial charge >= 0.3 is 0 Å². The number of nitrogen functional groups attached to an aromatic ring is 1. The fraction of sp³-hybridized carbons (Fsp3) is 0.412. The number of hydrogen-bond acceptors (Lipinski definition) is 7. The summed E-state index contributed by atoms with van der Waals surface area (Å²) in [6.07, 6.45) is 2.44. The van der Waals surface area contributed by atoms with Crippen molar-refractivity contribution in [1.82, 2.24) is 14.9 Å². The molecule has 0 saturated carbocycles. The largest absolute Gasteiger partial charge is 0.393 e. The Hall–Kier alpha value is -2.45. The van der Waals surface area contributed by atoms with E-state index < -0.39 is 0 Å². The van der Waals surface area contributed by atoms with Crippen LogP contribution in [0.1, 0.15) is 6.42 Å². The molecule has 2 aromatic rings. The average Bonchev–Trinajstić information content (AvgIpc) is 2.64. The summed E-state index contributed by atoms with van der Waals surface area (Å²) in [4.78, 5) is 10.7. The van der Waals surface area contributed by atoms with Gasteiger partial charge in [0.2, 0.25) is 0 Å². The van der Waals surface area contributed by atoms with E-state index in [1.165, 1.54) is 18.5 Å². The Balaban J connectivity index is 1.52. The van der Waals surface area contributed by atoms with Crippen LogP contribution in [0.5, 0.6) is 0 Å². The molecule has 0 aliphatic carbocycles. The molecule has 1 aromatic heterocycles. The number of aromatic nitrogens is 2. The van der Waals surface area contributed by atoms with Crippen LogP contribution in [0, 0.1) is 5.82 Å². The molecule has 1 saturated heterocycles. The number of morpholine rings is 1. The quantitative estimate of drug-likeness (QED) is 0.662. The summed E-state index contributed by atoms with van der Waals surface area (Å²) in [5.41, 5.74) is 7.29. The Kier molecular flexibility index (Phi) is 5.97. The van der Waals surface area contributed by atoms with Crippen LogP contribution in [0.4, 0.5) is 27.4 Å². The van der Waals surface area contributed by atoms with Crippen molar-refractivity contribution in [3.05, 3.63) is 36.4 Å². The van der Waals surface area contributed by atoms with E-state index in [2.05, 4.69) is 25.5 Å². The van der Waals surface area contributed by atoms with Crippen LogP contribution in [0.2, 0.25) is 0 Å². The molecule has 2 heterocycles. The molecule has 0 unspecified atom stereocenters. The van der Waals surface area contributed by atoms with Gasteiger partial charge < -0.3 is 21.1 Å². The minimum atomic E-state index is -0.288. The second-order valence-electron chi connectivity index (χ2n) is 5.85. The Morgan fingerprint density at radius 3 is 2.60 bits per heavy atom. The number of nitrogens with one attached hydrogen (secondary N) is 2. The molecule has 1 fully saturated rings. The summed E-state index contributed by atoms with van der Waals surface area (Å²) < 4.78 is 18.3. The number of ether oxygens (including phenoxy) is 1. The maximum atomic E-state index is 13.0. The monoisotopic (exact) mass is 346 g/mol. The van der Waals surface area contributed by atoms with Crippen molar-refractivity contribution in [3.8, 4) is 0 Å². The highest BCUT2D eigenvalue weighted by molar-refractivity contribution is 5.77. The van der Waals surface area contributed by atoms with Crippen LogP contribution in [-0.4, -0.2) is 54.3 Å². The zero-order chi connectivity index (χ0) is 17.5. The van der Waals surface area contributed by atoms with Crippen LogP contribution in [0.3, 0.4) is 0 Å². The van der Waals surface area contributed by atoms with Gasteiger partial charge in [-0.25, -0.2) is 14.4 Å². The van der Waals surface area contributed by atoms with Crippen molar-refractivity contribution in [3.63, 3.8) is 0 Å². The molecule has 0 radical (unpaired) electrons. The molecule has 7 nitrogen and oxygen atoms in total. The summed E-state index contributed by atoms with van der Waals surface area (Å²) in [6, 6.07) is 6.02. The van der Waals surface area contributed by atoms with E-state index in [-0.39, 0.29) is 5.82 Å². The lowest BCUT2D eigenvalue weighted by atomic mass is 10.3. The smallest absolute Gasteiger partial charge is 0.159 e. The van der Waals surface area contributed by atoms with Gasteiger partial charge in [0.25, 0.3) is 0 Å². The van der Waals surface area contributed by atoms with Crippen LogP contribution in [0.25, 0.3) is 0 Å². The second-order valence-corrected chi connectivity index (χ2v) is 5.85. The summed E-state index contributed by atoms with van der Waals surface area (Å²) in [5.74, 6) is 0.808. The summed E-state index contributed by atoms with van der Waals surface area (Å²) >= 11 is 0. The number of anilines is 4. The fourth-order valence-corrected chi connectivity index (χ4v) is 2.64. The number of benzene rings is 1. The molecule has 0 amide bonds. The molecule has 8 heteroatoms.